The van der Waals surface area contributed by atoms with Crippen molar-refractivity contribution in [2.75, 3.05) is 11.4 Å². The molecule has 4 bridgehead atoms. The minimum Gasteiger partial charge on any atom is -0.436 e. The molecule has 7 aliphatic rings. The molecule has 10 rings (SSSR count). The first-order valence-electron chi connectivity index (χ1n) is 11.1. The number of halogens is 1. The van der Waals surface area contributed by atoms with Gasteiger partial charge in [-0.1, -0.05) is 6.07 Å². The SMILES string of the molecule is O=C1O[C@H](C23OP(=O)(ON2C(=O)C24OP(=O)(O2)O4)O3)CN1c1ccc(-n2cc(-c3ccccn3)cn2)c(F)c1. The second kappa shape index (κ2) is 7.35. The van der Waals surface area contributed by atoms with Crippen LogP contribution in [0.25, 0.3) is 16.9 Å². The van der Waals surface area contributed by atoms with Gasteiger partial charge in [0.25, 0.3) is 0 Å². The number of carbonyl (C=O) groups is 2. The molecule has 1 aromatic carbocycles. The fourth-order valence-corrected chi connectivity index (χ4v) is 7.21. The monoisotopic (exact) mass is 579 g/mol. The smallest absolute Gasteiger partial charge is 0.436 e. The average molecular weight is 579 g/mol. The molecule has 16 nitrogen and oxygen atoms in total. The number of cyclic esters (lactones) is 1. The van der Waals surface area contributed by atoms with E-state index in [1.165, 1.54) is 23.0 Å². The highest BCUT2D eigenvalue weighted by atomic mass is 31.2. The molecule has 3 aromatic rings. The standard InChI is InChI=1S/C20H12FN5O11P2/c21-13-7-12(4-5-15(13)25-9-11(8-23-25)14-3-1-2-6-22-14)24-10-16(31-18(24)28)19-26(37-39(30,32-19)33-19)17(27)20-34-38(29,35-20)36-20/h1-9,16H,10H2/t16-,19?,20?,38?,39?/m0/s1. The first kappa shape index (κ1) is 23.4. The van der Waals surface area contributed by atoms with Gasteiger partial charge in [-0.3, -0.25) is 14.7 Å². The Morgan fingerprint density at radius 1 is 1.08 bits per heavy atom. The number of amides is 2. The van der Waals surface area contributed by atoms with Gasteiger partial charge in [-0.25, -0.2) is 45.6 Å². The molecule has 2 amide bonds. The van der Waals surface area contributed by atoms with Crippen molar-refractivity contribution >= 4 is 33.3 Å². The van der Waals surface area contributed by atoms with Crippen LogP contribution < -0.4 is 4.90 Å². The topological polar surface area (TPSA) is 170 Å². The highest BCUT2D eigenvalue weighted by molar-refractivity contribution is 7.52. The number of hydrogen-bond acceptors (Lipinski definition) is 13. The summed E-state index contributed by atoms with van der Waals surface area (Å²) in [6.07, 6.45) is 2.43. The van der Waals surface area contributed by atoms with Crippen molar-refractivity contribution in [3.8, 4) is 16.9 Å². The fraction of sp³-hybridized carbons (Fsp3) is 0.200. The summed E-state index contributed by atoms with van der Waals surface area (Å²) in [6, 6.07) is 9.34. The molecule has 9 heterocycles. The van der Waals surface area contributed by atoms with Gasteiger partial charge in [0.2, 0.25) is 0 Å². The van der Waals surface area contributed by atoms with E-state index < -0.39 is 51.5 Å². The van der Waals surface area contributed by atoms with Gasteiger partial charge >= 0.3 is 39.5 Å². The van der Waals surface area contributed by atoms with Crippen LogP contribution in [-0.2, 0) is 45.9 Å². The van der Waals surface area contributed by atoms with Crippen LogP contribution in [0.1, 0.15) is 0 Å². The molecule has 0 N–H and O–H groups in total. The Hall–Kier alpha value is -3.53. The number of anilines is 1. The zero-order valence-corrected chi connectivity index (χ0v) is 20.8. The zero-order valence-electron chi connectivity index (χ0n) is 19.0. The number of pyridine rings is 1. The summed E-state index contributed by atoms with van der Waals surface area (Å²) >= 11 is 0. The van der Waals surface area contributed by atoms with E-state index in [0.29, 0.717) is 16.3 Å². The molecule has 7 aliphatic heterocycles. The molecular weight excluding hydrogens is 567 g/mol. The lowest BCUT2D eigenvalue weighted by Gasteiger charge is -2.54. The zero-order chi connectivity index (χ0) is 26.8. The molecule has 7 saturated heterocycles. The lowest BCUT2D eigenvalue weighted by molar-refractivity contribution is -0.416. The lowest BCUT2D eigenvalue weighted by Crippen LogP contribution is -2.70. The molecule has 39 heavy (non-hydrogen) atoms. The van der Waals surface area contributed by atoms with E-state index >= 15 is 4.39 Å². The molecule has 0 spiro atoms. The first-order valence-corrected chi connectivity index (χ1v) is 14.1. The summed E-state index contributed by atoms with van der Waals surface area (Å²) in [4.78, 5) is 30.8. The maximum Gasteiger partial charge on any atom is 0.505 e. The van der Waals surface area contributed by atoms with Gasteiger partial charge in [-0.15, -0.1) is 5.06 Å². The summed E-state index contributed by atoms with van der Waals surface area (Å²) in [6.45, 7) is -0.329. The third-order valence-electron chi connectivity index (χ3n) is 6.34. The number of phosphoric acid groups is 2. The van der Waals surface area contributed by atoms with Gasteiger partial charge in [0.15, 0.2) is 11.9 Å². The van der Waals surface area contributed by atoms with Gasteiger partial charge in [0.1, 0.15) is 5.69 Å². The van der Waals surface area contributed by atoms with Crippen molar-refractivity contribution in [2.45, 2.75) is 18.0 Å². The molecule has 19 heteroatoms. The van der Waals surface area contributed by atoms with Crippen molar-refractivity contribution in [1.29, 1.82) is 0 Å². The number of phosphoric ester groups is 2. The number of rotatable bonds is 5. The number of hydroxylamine groups is 2. The van der Waals surface area contributed by atoms with Crippen LogP contribution >= 0.6 is 15.6 Å². The predicted molar refractivity (Wildman–Crippen MR) is 118 cm³/mol. The molecule has 7 fully saturated rings. The molecule has 1 atom stereocenters. The molecule has 0 saturated carbocycles. The number of fused-ring (bicyclic) bond motifs is 1. The van der Waals surface area contributed by atoms with Crippen molar-refractivity contribution < 1.29 is 55.1 Å². The Labute approximate surface area is 215 Å². The van der Waals surface area contributed by atoms with Gasteiger partial charge in [0.05, 0.1) is 24.1 Å². The minimum atomic E-state index is -4.18. The van der Waals surface area contributed by atoms with Crippen molar-refractivity contribution in [2.24, 2.45) is 0 Å². The Kier molecular flexibility index (Phi) is 4.41. The highest BCUT2D eigenvalue weighted by Crippen LogP contribution is 2.82. The third kappa shape index (κ3) is 3.15. The van der Waals surface area contributed by atoms with Gasteiger partial charge in [0, 0.05) is 18.0 Å². The Bertz CT molecular complexity index is 1670. The van der Waals surface area contributed by atoms with E-state index in [-0.39, 0.29) is 17.9 Å². The molecule has 0 radical (unpaired) electrons. The lowest BCUT2D eigenvalue weighted by atomic mass is 10.2. The molecule has 0 unspecified atom stereocenters. The van der Waals surface area contributed by atoms with Gasteiger partial charge in [-0.2, -0.15) is 9.72 Å². The fourth-order valence-electron chi connectivity index (χ4n) is 4.56. The Morgan fingerprint density at radius 3 is 2.56 bits per heavy atom. The van der Waals surface area contributed by atoms with Gasteiger partial charge < -0.3 is 4.74 Å². The number of ether oxygens (including phenoxy) is 1. The van der Waals surface area contributed by atoms with Crippen LogP contribution in [0.4, 0.5) is 14.9 Å². The third-order valence-corrected chi connectivity index (χ3v) is 9.07. The number of carbonyl (C=O) groups excluding carboxylic acids is 2. The van der Waals surface area contributed by atoms with Crippen molar-refractivity contribution in [1.82, 2.24) is 19.8 Å². The van der Waals surface area contributed by atoms with E-state index in [2.05, 4.69) is 10.1 Å². The second-order valence-corrected chi connectivity index (χ2v) is 11.6. The number of benzene rings is 1. The first-order chi connectivity index (χ1) is 18.6. The Balaban J connectivity index is 1.03. The van der Waals surface area contributed by atoms with E-state index in [4.69, 9.17) is 32.0 Å². The second-order valence-electron chi connectivity index (χ2n) is 8.73. The van der Waals surface area contributed by atoms with E-state index in [1.54, 1.807) is 24.5 Å². The van der Waals surface area contributed by atoms with Crippen molar-refractivity contribution in [3.05, 3.63) is 60.8 Å². The maximum atomic E-state index is 15.2. The largest absolute Gasteiger partial charge is 0.505 e. The molecule has 2 aromatic heterocycles. The quantitative estimate of drug-likeness (QED) is 0.405. The molecule has 0 aliphatic carbocycles. The van der Waals surface area contributed by atoms with Crippen LogP contribution in [0.2, 0.25) is 0 Å². The van der Waals surface area contributed by atoms with E-state index in [0.717, 1.165) is 11.0 Å². The van der Waals surface area contributed by atoms with Crippen LogP contribution in [-0.4, -0.2) is 56.4 Å². The van der Waals surface area contributed by atoms with E-state index in [9.17, 15) is 18.7 Å². The predicted octanol–water partition coefficient (Wildman–Crippen LogP) is 2.82. The van der Waals surface area contributed by atoms with Crippen LogP contribution in [0.15, 0.2) is 55.0 Å². The number of nitrogens with zero attached hydrogens (tertiary/aromatic N) is 5. The van der Waals surface area contributed by atoms with Gasteiger partial charge in [-0.05, 0) is 30.3 Å². The maximum absolute atomic E-state index is 15.2. The van der Waals surface area contributed by atoms with Crippen LogP contribution in [0.3, 0.4) is 0 Å². The average Bonchev–Trinajstić information content (AvgIpc) is 3.62. The summed E-state index contributed by atoms with van der Waals surface area (Å²) in [5.74, 6) is -6.57. The van der Waals surface area contributed by atoms with Crippen LogP contribution in [0, 0.1) is 5.82 Å². The Morgan fingerprint density at radius 2 is 1.87 bits per heavy atom. The summed E-state index contributed by atoms with van der Waals surface area (Å²) < 4.78 is 75.3. The molecule has 200 valence electrons. The number of hydrogen-bond donors (Lipinski definition) is 0. The highest BCUT2D eigenvalue weighted by Gasteiger charge is 2.86. The summed E-state index contributed by atoms with van der Waals surface area (Å²) in [5, 5.41) is 4.55. The van der Waals surface area contributed by atoms with Crippen molar-refractivity contribution in [3.63, 3.8) is 0 Å². The normalized spacial score (nSPS) is 35.7. The molecular formula is C20H12FN5O11P2. The number of aromatic nitrogens is 3. The summed E-state index contributed by atoms with van der Waals surface area (Å²) in [7, 11) is -7.93. The van der Waals surface area contributed by atoms with Crippen LogP contribution in [0.5, 0.6) is 0 Å². The minimum absolute atomic E-state index is 0.101. The summed E-state index contributed by atoms with van der Waals surface area (Å²) in [5.41, 5.74) is 1.54. The van der Waals surface area contributed by atoms with E-state index in [1.807, 2.05) is 6.07 Å².